The minimum atomic E-state index is -1.88. The number of halogens is 2. The van der Waals surface area contributed by atoms with Gasteiger partial charge in [-0.2, -0.15) is 59.7 Å². The van der Waals surface area contributed by atoms with E-state index in [1.54, 1.807) is 0 Å². The predicted octanol–water partition coefficient (Wildman–Crippen LogP) is 7.85. The third-order valence-corrected chi connectivity index (χ3v) is 10.6. The van der Waals surface area contributed by atoms with Crippen LogP contribution in [0.5, 0.6) is 0 Å². The average Bonchev–Trinajstić information content (AvgIpc) is 3.38. The fourth-order valence-corrected chi connectivity index (χ4v) is 4.00. The molecule has 0 saturated heterocycles. The first-order valence-corrected chi connectivity index (χ1v) is 21.3. The van der Waals surface area contributed by atoms with Gasteiger partial charge in [-0.05, 0) is 12.8 Å². The average molecular weight is 608 g/mol. The molecule has 4 aromatic rings. The second kappa shape index (κ2) is 10.7. The Balaban J connectivity index is 0.000000124. The molecule has 0 spiro atoms. The molecule has 6 rings (SSSR count). The summed E-state index contributed by atoms with van der Waals surface area (Å²) in [6.07, 6.45) is 2.10. The van der Waals surface area contributed by atoms with Crippen molar-refractivity contribution in [3.63, 3.8) is 0 Å². The van der Waals surface area contributed by atoms with Gasteiger partial charge in [0.05, 0.1) is 0 Å². The first-order valence-electron chi connectivity index (χ1n) is 10.3. The predicted molar refractivity (Wildman–Crippen MR) is 130 cm³/mol. The van der Waals surface area contributed by atoms with E-state index in [9.17, 15) is 0 Å². The van der Waals surface area contributed by atoms with Crippen molar-refractivity contribution in [2.45, 2.75) is 19.8 Å². The summed E-state index contributed by atoms with van der Waals surface area (Å²) < 4.78 is 1.91. The van der Waals surface area contributed by atoms with Crippen LogP contribution in [0, 0.1) is 12.1 Å². The number of hydrogen-bond acceptors (Lipinski definition) is 0. The molecule has 0 amide bonds. The molecule has 2 aliphatic rings. The van der Waals surface area contributed by atoms with E-state index in [0.29, 0.717) is 0 Å². The number of rotatable bonds is 0. The zero-order valence-electron chi connectivity index (χ0n) is 17.3. The molecule has 0 atom stereocenters. The molecule has 0 aliphatic heterocycles. The van der Waals surface area contributed by atoms with Gasteiger partial charge >= 0.3 is 46.4 Å². The Labute approximate surface area is 199 Å². The largest absolute Gasteiger partial charge is 0.179 e. The van der Waals surface area contributed by atoms with E-state index < -0.39 is 18.6 Å². The number of hydrogen-bond donors (Lipinski definition) is 0. The molecule has 0 nitrogen and oxygen atoms in total. The van der Waals surface area contributed by atoms with Crippen LogP contribution in [0.4, 0.5) is 0 Å². The van der Waals surface area contributed by atoms with Gasteiger partial charge in [0, 0.05) is 0 Å². The number of benzene rings is 4. The summed E-state index contributed by atoms with van der Waals surface area (Å²) in [5, 5.41) is 0. The van der Waals surface area contributed by atoms with Gasteiger partial charge in [-0.25, -0.2) is 0 Å². The molecule has 31 heavy (non-hydrogen) atoms. The summed E-state index contributed by atoms with van der Waals surface area (Å²) in [7, 11) is 10.8. The Hall–Kier alpha value is -1.80. The van der Waals surface area contributed by atoms with Crippen LogP contribution in [0.2, 0.25) is 0 Å². The molecule has 2 aliphatic carbocycles. The van der Waals surface area contributed by atoms with Gasteiger partial charge in [-0.3, -0.25) is 0 Å². The fraction of sp³-hybridized carbons (Fsp3) is 0.107. The van der Waals surface area contributed by atoms with E-state index in [4.69, 9.17) is 17.2 Å². The van der Waals surface area contributed by atoms with E-state index in [2.05, 4.69) is 84.9 Å². The van der Waals surface area contributed by atoms with E-state index in [-0.39, 0.29) is 0 Å². The van der Waals surface area contributed by atoms with Crippen molar-refractivity contribution >= 4 is 20.9 Å². The van der Waals surface area contributed by atoms with Crippen LogP contribution in [0.3, 0.4) is 0 Å². The molecule has 0 fully saturated rings. The Morgan fingerprint density at radius 3 is 1.45 bits per heavy atom. The smallest absolute Gasteiger partial charge is 0.0253 e. The van der Waals surface area contributed by atoms with Gasteiger partial charge in [0.2, 0.25) is 0 Å². The maximum atomic E-state index is 5.39. The molecule has 3 heteroatoms. The minimum absolute atomic E-state index is 1.05. The molecular formula is C28H22Cl2Hf-2. The van der Waals surface area contributed by atoms with E-state index in [0.717, 1.165) is 12.8 Å². The third-order valence-electron chi connectivity index (χ3n) is 5.45. The zero-order valence-corrected chi connectivity index (χ0v) is 22.4. The topological polar surface area (TPSA) is 0 Å². The van der Waals surface area contributed by atoms with Crippen LogP contribution < -0.4 is 0 Å². The maximum absolute atomic E-state index is 5.39. The van der Waals surface area contributed by atoms with Gasteiger partial charge < -0.3 is 0 Å². The molecular weight excluding hydrogens is 586 g/mol. The zero-order chi connectivity index (χ0) is 21.6. The van der Waals surface area contributed by atoms with Crippen molar-refractivity contribution in [2.24, 2.45) is 0 Å². The Bertz CT molecular complexity index is 1050. The summed E-state index contributed by atoms with van der Waals surface area (Å²) in [5.74, 6) is 0. The van der Waals surface area contributed by atoms with Gasteiger partial charge in [0.1, 0.15) is 0 Å². The molecule has 0 radical (unpaired) electrons. The van der Waals surface area contributed by atoms with Gasteiger partial charge in [-0.1, -0.05) is 70.8 Å². The van der Waals surface area contributed by atoms with Crippen molar-refractivity contribution in [1.82, 2.24) is 0 Å². The summed E-state index contributed by atoms with van der Waals surface area (Å²) >= 11 is -1.88. The summed E-state index contributed by atoms with van der Waals surface area (Å²) in [6, 6.07) is 36.2. The molecule has 0 unspecified atom stereocenters. The molecule has 0 heterocycles. The standard InChI is InChI=1S/2C13H9.C2H4.2ClH.Hf/c2*1-3-7-12-10(5-1)9-11-6-2-4-8-13(11)12;1-2;;;/h2*1-5,7-8H,9H2;1H,2H3;2*1H;/q2*-1;;;;+2/p-2. The molecule has 154 valence electrons. The Kier molecular flexibility index (Phi) is 7.72. The Morgan fingerprint density at radius 2 is 1.03 bits per heavy atom. The van der Waals surface area contributed by atoms with Crippen molar-refractivity contribution in [3.05, 3.63) is 119 Å². The van der Waals surface area contributed by atoms with E-state index in [1.165, 1.54) is 44.5 Å². The van der Waals surface area contributed by atoms with Gasteiger partial charge in [-0.15, -0.1) is 11.1 Å². The SMILES string of the molecule is C[CH]=[Hf]([Cl])[Cl].[c-]1cccc2c1Cc1ccccc1-2.[c-]1cccc2c1Cc1ccccc1-2. The normalized spacial score (nSPS) is 11.5. The maximum Gasteiger partial charge on any atom is -0.0253 e. The molecule has 0 saturated carbocycles. The fourth-order valence-electron chi connectivity index (χ4n) is 4.00. The van der Waals surface area contributed by atoms with Crippen molar-refractivity contribution < 1.29 is 18.6 Å². The van der Waals surface area contributed by atoms with Crippen molar-refractivity contribution in [1.29, 1.82) is 0 Å². The molecule has 0 bridgehead atoms. The second-order valence-electron chi connectivity index (χ2n) is 7.37. The summed E-state index contributed by atoms with van der Waals surface area (Å²) in [5.41, 5.74) is 11.0. The van der Waals surface area contributed by atoms with Crippen molar-refractivity contribution in [2.75, 3.05) is 0 Å². The van der Waals surface area contributed by atoms with E-state index >= 15 is 0 Å². The van der Waals surface area contributed by atoms with Crippen molar-refractivity contribution in [3.8, 4) is 22.3 Å². The monoisotopic (exact) mass is 608 g/mol. The first kappa shape index (κ1) is 22.4. The molecule has 0 aromatic heterocycles. The summed E-state index contributed by atoms with van der Waals surface area (Å²) in [6.45, 7) is 1.90. The van der Waals surface area contributed by atoms with Gasteiger partial charge in [0.15, 0.2) is 0 Å². The van der Waals surface area contributed by atoms with E-state index in [1.807, 2.05) is 22.8 Å². The second-order valence-corrected chi connectivity index (χ2v) is 19.8. The molecule has 0 N–H and O–H groups in total. The van der Waals surface area contributed by atoms with Gasteiger partial charge in [0.25, 0.3) is 0 Å². The molecule has 4 aromatic carbocycles. The van der Waals surface area contributed by atoms with Crippen LogP contribution in [-0.4, -0.2) is 3.76 Å². The third kappa shape index (κ3) is 5.34. The quantitative estimate of drug-likeness (QED) is 0.122. The summed E-state index contributed by atoms with van der Waals surface area (Å²) in [4.78, 5) is 0. The minimum Gasteiger partial charge on any atom is -0.179 e. The van der Waals surface area contributed by atoms with Crippen LogP contribution in [0.25, 0.3) is 22.3 Å². The number of fused-ring (bicyclic) bond motifs is 6. The van der Waals surface area contributed by atoms with Crippen LogP contribution >= 0.6 is 17.2 Å². The van der Waals surface area contributed by atoms with Crippen LogP contribution in [0.15, 0.2) is 84.9 Å². The Morgan fingerprint density at radius 1 is 0.645 bits per heavy atom. The van der Waals surface area contributed by atoms with Crippen LogP contribution in [-0.2, 0) is 31.4 Å². The van der Waals surface area contributed by atoms with Crippen LogP contribution in [0.1, 0.15) is 29.2 Å². The first-order chi connectivity index (χ1) is 15.2.